The Morgan fingerprint density at radius 1 is 1.00 bits per heavy atom. The van der Waals surface area contributed by atoms with Crippen LogP contribution in [0.1, 0.15) is 5.56 Å². The topological polar surface area (TPSA) is 0 Å². The molecule has 0 bridgehead atoms. The Balaban J connectivity index is 2.70. The van der Waals surface area contributed by atoms with E-state index in [1.807, 2.05) is 0 Å². The van der Waals surface area contributed by atoms with Crippen molar-refractivity contribution in [1.29, 1.82) is 0 Å². The molecule has 0 N–H and O–H groups in total. The van der Waals surface area contributed by atoms with Gasteiger partial charge in [-0.1, -0.05) is 12.1 Å². The third-order valence-corrected chi connectivity index (χ3v) is 2.27. The van der Waals surface area contributed by atoms with Crippen LogP contribution in [0.15, 0.2) is 30.3 Å². The Morgan fingerprint density at radius 3 is 2.19 bits per heavy atom. The highest BCUT2D eigenvalue weighted by molar-refractivity contribution is 5.65. The molecule has 0 fully saturated rings. The summed E-state index contributed by atoms with van der Waals surface area (Å²) < 4.78 is 40.5. The highest BCUT2D eigenvalue weighted by atomic mass is 19.1. The fourth-order valence-corrected chi connectivity index (χ4v) is 1.57. The van der Waals surface area contributed by atoms with E-state index in [-0.39, 0.29) is 11.1 Å². The maximum Gasteiger partial charge on any atom is 0.134 e. The van der Waals surface area contributed by atoms with Gasteiger partial charge in [-0.15, -0.1) is 0 Å². The molecule has 2 rings (SSSR count). The van der Waals surface area contributed by atoms with E-state index in [1.165, 1.54) is 24.3 Å². The van der Waals surface area contributed by atoms with E-state index in [0.717, 1.165) is 6.07 Å². The molecule has 0 heterocycles. The fourth-order valence-electron chi connectivity index (χ4n) is 1.57. The number of hydrogen-bond donors (Lipinski definition) is 0. The molecule has 0 spiro atoms. The van der Waals surface area contributed by atoms with E-state index in [9.17, 15) is 13.2 Å². The van der Waals surface area contributed by atoms with Gasteiger partial charge >= 0.3 is 0 Å². The first-order valence-corrected chi connectivity index (χ1v) is 4.71. The number of aryl methyl sites for hydroxylation is 1. The SMILES string of the molecule is Cc1cc(F)c(-c2cc[c]cc2F)c(F)c1. The monoisotopic (exact) mass is 221 g/mol. The summed E-state index contributed by atoms with van der Waals surface area (Å²) in [6, 6.07) is 8.61. The molecule has 16 heavy (non-hydrogen) atoms. The molecule has 0 nitrogen and oxygen atoms in total. The third kappa shape index (κ3) is 1.81. The zero-order chi connectivity index (χ0) is 11.7. The van der Waals surface area contributed by atoms with Gasteiger partial charge in [0.1, 0.15) is 17.5 Å². The number of rotatable bonds is 1. The summed E-state index contributed by atoms with van der Waals surface area (Å²) in [7, 11) is 0. The molecule has 3 heteroatoms. The molecule has 0 saturated carbocycles. The molecule has 1 radical (unpaired) electrons. The minimum atomic E-state index is -0.761. The number of benzene rings is 2. The van der Waals surface area contributed by atoms with Gasteiger partial charge in [-0.3, -0.25) is 0 Å². The van der Waals surface area contributed by atoms with Crippen LogP contribution in [0.3, 0.4) is 0 Å². The molecule has 0 atom stereocenters. The van der Waals surface area contributed by atoms with Crippen molar-refractivity contribution >= 4 is 0 Å². The molecule has 0 saturated heterocycles. The van der Waals surface area contributed by atoms with Crippen LogP contribution in [0.4, 0.5) is 13.2 Å². The van der Waals surface area contributed by atoms with Crippen molar-refractivity contribution < 1.29 is 13.2 Å². The third-order valence-electron chi connectivity index (χ3n) is 2.27. The van der Waals surface area contributed by atoms with E-state index in [4.69, 9.17) is 0 Å². The van der Waals surface area contributed by atoms with Crippen LogP contribution in [0.5, 0.6) is 0 Å². The van der Waals surface area contributed by atoms with Crippen molar-refractivity contribution in [3.63, 3.8) is 0 Å². The van der Waals surface area contributed by atoms with Crippen LogP contribution >= 0.6 is 0 Å². The Hall–Kier alpha value is -1.77. The number of halogens is 3. The van der Waals surface area contributed by atoms with E-state index in [1.54, 1.807) is 6.92 Å². The van der Waals surface area contributed by atoms with Gasteiger partial charge in [-0.25, -0.2) is 13.2 Å². The smallest absolute Gasteiger partial charge is 0.134 e. The highest BCUT2D eigenvalue weighted by Gasteiger charge is 2.15. The minimum absolute atomic E-state index is 0.0891. The summed E-state index contributed by atoms with van der Waals surface area (Å²) in [4.78, 5) is 0. The fraction of sp³-hybridized carbons (Fsp3) is 0.0769. The zero-order valence-corrected chi connectivity index (χ0v) is 8.52. The van der Waals surface area contributed by atoms with Crippen molar-refractivity contribution in [2.24, 2.45) is 0 Å². The second-order valence-electron chi connectivity index (χ2n) is 3.51. The molecule has 0 aliphatic heterocycles. The van der Waals surface area contributed by atoms with Crippen LogP contribution in [-0.2, 0) is 0 Å². The van der Waals surface area contributed by atoms with Gasteiger partial charge in [-0.2, -0.15) is 0 Å². The Bertz CT molecular complexity index is 509. The van der Waals surface area contributed by atoms with Gasteiger partial charge in [0.2, 0.25) is 0 Å². The second-order valence-corrected chi connectivity index (χ2v) is 3.51. The van der Waals surface area contributed by atoms with Crippen LogP contribution in [0, 0.1) is 30.4 Å². The van der Waals surface area contributed by atoms with Crippen LogP contribution in [0.25, 0.3) is 11.1 Å². The van der Waals surface area contributed by atoms with Crippen LogP contribution in [0.2, 0.25) is 0 Å². The predicted molar refractivity (Wildman–Crippen MR) is 55.3 cm³/mol. The van der Waals surface area contributed by atoms with Crippen molar-refractivity contribution in [3.8, 4) is 11.1 Å². The first kappa shape index (κ1) is 10.7. The standard InChI is InChI=1S/C13H8F3/c1-8-6-11(15)13(12(16)7-8)9-4-2-3-5-10(9)14/h2,4-7H,1H3. The molecule has 2 aromatic rings. The van der Waals surface area contributed by atoms with E-state index >= 15 is 0 Å². The number of hydrogen-bond acceptors (Lipinski definition) is 0. The summed E-state index contributed by atoms with van der Waals surface area (Å²) >= 11 is 0. The summed E-state index contributed by atoms with van der Waals surface area (Å²) in [6.45, 7) is 1.57. The second kappa shape index (κ2) is 4.00. The Morgan fingerprint density at radius 2 is 1.62 bits per heavy atom. The molecule has 0 unspecified atom stereocenters. The predicted octanol–water partition coefficient (Wildman–Crippen LogP) is 3.88. The molecule has 0 aliphatic rings. The summed E-state index contributed by atoms with van der Waals surface area (Å²) in [5.41, 5.74) is 0.0347. The lowest BCUT2D eigenvalue weighted by molar-refractivity contribution is 0.580. The molecule has 0 aromatic heterocycles. The maximum absolute atomic E-state index is 13.6. The van der Waals surface area contributed by atoms with Gasteiger partial charge < -0.3 is 0 Å². The quantitative estimate of drug-likeness (QED) is 0.685. The maximum atomic E-state index is 13.6. The average molecular weight is 221 g/mol. The van der Waals surface area contributed by atoms with Crippen molar-refractivity contribution in [3.05, 3.63) is 59.4 Å². The van der Waals surface area contributed by atoms with E-state index < -0.39 is 17.5 Å². The van der Waals surface area contributed by atoms with Gasteiger partial charge in [0, 0.05) is 5.56 Å². The molecular weight excluding hydrogens is 213 g/mol. The molecule has 81 valence electrons. The van der Waals surface area contributed by atoms with Gasteiger partial charge in [0.05, 0.1) is 5.56 Å². The largest absolute Gasteiger partial charge is 0.206 e. The first-order chi connectivity index (χ1) is 7.59. The Kier molecular flexibility index (Phi) is 2.69. The average Bonchev–Trinajstić information content (AvgIpc) is 2.19. The van der Waals surface area contributed by atoms with E-state index in [0.29, 0.717) is 5.56 Å². The van der Waals surface area contributed by atoms with E-state index in [2.05, 4.69) is 6.07 Å². The van der Waals surface area contributed by atoms with Gasteiger partial charge in [0.25, 0.3) is 0 Å². The van der Waals surface area contributed by atoms with Gasteiger partial charge in [0.15, 0.2) is 0 Å². The summed E-state index contributed by atoms with van der Waals surface area (Å²) in [5, 5.41) is 0. The molecule has 0 amide bonds. The molecule has 0 aliphatic carbocycles. The van der Waals surface area contributed by atoms with Crippen molar-refractivity contribution in [1.82, 2.24) is 0 Å². The van der Waals surface area contributed by atoms with Crippen LogP contribution < -0.4 is 0 Å². The molecule has 2 aromatic carbocycles. The lowest BCUT2D eigenvalue weighted by Crippen LogP contribution is -1.94. The lowest BCUT2D eigenvalue weighted by atomic mass is 10.0. The van der Waals surface area contributed by atoms with Gasteiger partial charge in [-0.05, 0) is 36.8 Å². The normalized spacial score (nSPS) is 10.5. The Labute approximate surface area is 91.4 Å². The van der Waals surface area contributed by atoms with Crippen molar-refractivity contribution in [2.45, 2.75) is 6.92 Å². The molecular formula is C13H8F3. The lowest BCUT2D eigenvalue weighted by Gasteiger charge is -2.07. The summed E-state index contributed by atoms with van der Waals surface area (Å²) in [6.07, 6.45) is 0. The first-order valence-electron chi connectivity index (χ1n) is 4.71. The minimum Gasteiger partial charge on any atom is -0.206 e. The highest BCUT2D eigenvalue weighted by Crippen LogP contribution is 2.28. The van der Waals surface area contributed by atoms with Crippen molar-refractivity contribution in [2.75, 3.05) is 0 Å². The zero-order valence-electron chi connectivity index (χ0n) is 8.52. The van der Waals surface area contributed by atoms with Crippen LogP contribution in [-0.4, -0.2) is 0 Å². The summed E-state index contributed by atoms with van der Waals surface area (Å²) in [5.74, 6) is -2.21.